The number of nitrogens with two attached hydrogens (primary N) is 1. The topological polar surface area (TPSA) is 103 Å². The van der Waals surface area contributed by atoms with Crippen molar-refractivity contribution in [3.8, 4) is 12.1 Å². The fraction of sp³-hybridized carbons (Fsp3) is 0.360. The average molecular weight is 403 g/mol. The molecule has 2 aromatic carbocycles. The van der Waals surface area contributed by atoms with E-state index in [0.717, 1.165) is 16.7 Å². The van der Waals surface area contributed by atoms with Gasteiger partial charge in [0.15, 0.2) is 0 Å². The molecule has 0 spiro atoms. The van der Waals surface area contributed by atoms with Crippen molar-refractivity contribution in [2.45, 2.75) is 58.9 Å². The normalized spacial score (nSPS) is 13.6. The van der Waals surface area contributed by atoms with Crippen LogP contribution < -0.4 is 5.73 Å². The third kappa shape index (κ3) is 6.03. The van der Waals surface area contributed by atoms with Crippen molar-refractivity contribution in [2.75, 3.05) is 0 Å². The van der Waals surface area contributed by atoms with Crippen LogP contribution >= 0.6 is 0 Å². The van der Waals surface area contributed by atoms with Gasteiger partial charge in [-0.1, -0.05) is 50.2 Å². The lowest BCUT2D eigenvalue weighted by Crippen LogP contribution is -2.35. The summed E-state index contributed by atoms with van der Waals surface area (Å²) in [5.74, 6) is -0.244. The lowest BCUT2D eigenvalue weighted by Gasteiger charge is -2.34. The minimum absolute atomic E-state index is 0.0420. The van der Waals surface area contributed by atoms with E-state index in [0.29, 0.717) is 24.2 Å². The number of aliphatic imine (C=N–C) groups is 1. The Labute approximate surface area is 179 Å². The Kier molecular flexibility index (Phi) is 9.46. The summed E-state index contributed by atoms with van der Waals surface area (Å²) < 4.78 is 0. The molecule has 0 aliphatic rings. The number of nitriles is 2. The Morgan fingerprint density at radius 2 is 1.77 bits per heavy atom. The third-order valence-corrected chi connectivity index (χ3v) is 4.79. The van der Waals surface area contributed by atoms with E-state index in [1.54, 1.807) is 32.0 Å². The van der Waals surface area contributed by atoms with E-state index in [4.69, 9.17) is 11.0 Å². The van der Waals surface area contributed by atoms with Crippen LogP contribution in [0.3, 0.4) is 0 Å². The molecule has 0 fully saturated rings. The smallest absolute Gasteiger partial charge is 0.140 e. The summed E-state index contributed by atoms with van der Waals surface area (Å²) in [5, 5.41) is 18.0. The molecule has 5 heteroatoms. The molecule has 0 heterocycles. The van der Waals surface area contributed by atoms with E-state index in [2.05, 4.69) is 17.1 Å². The molecule has 156 valence electrons. The molecule has 0 aliphatic carbocycles. The summed E-state index contributed by atoms with van der Waals surface area (Å²) in [6, 6.07) is 19.1. The lowest BCUT2D eigenvalue weighted by atomic mass is 9.73. The van der Waals surface area contributed by atoms with Crippen molar-refractivity contribution in [3.63, 3.8) is 0 Å². The number of nitrogens with zero attached hydrogens (tertiary/aromatic N) is 3. The maximum absolute atomic E-state index is 12.7. The molecule has 0 aromatic heterocycles. The monoisotopic (exact) mass is 402 g/mol. The molecule has 0 bridgehead atoms. The van der Waals surface area contributed by atoms with Gasteiger partial charge in [-0.25, -0.2) is 0 Å². The van der Waals surface area contributed by atoms with E-state index >= 15 is 0 Å². The zero-order valence-corrected chi connectivity index (χ0v) is 18.4. The highest BCUT2D eigenvalue weighted by Crippen LogP contribution is 2.41. The maximum atomic E-state index is 12.7. The molecular weight excluding hydrogens is 372 g/mol. The molecule has 2 rings (SSSR count). The summed E-state index contributed by atoms with van der Waals surface area (Å²) in [6.45, 7) is 9.10. The molecule has 0 saturated heterocycles. The Morgan fingerprint density at radius 3 is 2.27 bits per heavy atom. The second-order valence-corrected chi connectivity index (χ2v) is 7.04. The zero-order valence-electron chi connectivity index (χ0n) is 18.4. The first-order chi connectivity index (χ1) is 14.3. The number of carbonyl (C=O) groups excluding carboxylic acids is 1. The van der Waals surface area contributed by atoms with Crippen LogP contribution in [0, 0.1) is 22.7 Å². The number of hydrogen-bond donors (Lipinski definition) is 1. The molecule has 2 aromatic rings. The van der Waals surface area contributed by atoms with Crippen LogP contribution in [0.2, 0.25) is 0 Å². The Bertz CT molecular complexity index is 960. The first-order valence-corrected chi connectivity index (χ1v) is 10.1. The number of aryl methyl sites for hydroxylation is 1. The summed E-state index contributed by atoms with van der Waals surface area (Å²) in [5.41, 5.74) is 8.09. The van der Waals surface area contributed by atoms with Crippen LogP contribution in [0.1, 0.15) is 69.2 Å². The summed E-state index contributed by atoms with van der Waals surface area (Å²) in [6.07, 6.45) is 1.12. The number of ketones is 1. The largest absolute Gasteiger partial charge is 0.388 e. The number of amidine groups is 1. The fourth-order valence-electron chi connectivity index (χ4n) is 3.60. The van der Waals surface area contributed by atoms with E-state index in [9.17, 15) is 10.1 Å². The van der Waals surface area contributed by atoms with Crippen LogP contribution in [0.4, 0.5) is 0 Å². The number of rotatable bonds is 7. The van der Waals surface area contributed by atoms with Gasteiger partial charge in [-0.05, 0) is 56.0 Å². The molecular formula is C25H30N4O. The second kappa shape index (κ2) is 11.5. The average Bonchev–Trinajstić information content (AvgIpc) is 2.74. The highest BCUT2D eigenvalue weighted by atomic mass is 16.1. The van der Waals surface area contributed by atoms with Gasteiger partial charge in [-0.2, -0.15) is 10.5 Å². The summed E-state index contributed by atoms with van der Waals surface area (Å²) in [7, 11) is 0. The van der Waals surface area contributed by atoms with Crippen molar-refractivity contribution in [2.24, 2.45) is 10.7 Å². The standard InChI is InChI=1S/C23H24N4O.C2H6/c1-16(28)22(20-11-9-18(10-12-20)7-5-13-24)23(3,27-17(2)26)21-8-4-6-19(14-21)15-25;1-2/h4,6,8-12,14,22H,5,7H2,1-3H3,(H2,26,27);1-2H3. The second-order valence-electron chi connectivity index (χ2n) is 7.04. The number of hydrogen-bond acceptors (Lipinski definition) is 4. The summed E-state index contributed by atoms with van der Waals surface area (Å²) >= 11 is 0. The van der Waals surface area contributed by atoms with E-state index in [1.165, 1.54) is 0 Å². The van der Waals surface area contributed by atoms with Crippen LogP contribution in [-0.2, 0) is 16.8 Å². The van der Waals surface area contributed by atoms with Crippen molar-refractivity contribution >= 4 is 11.6 Å². The third-order valence-electron chi connectivity index (χ3n) is 4.79. The van der Waals surface area contributed by atoms with Crippen LogP contribution in [0.15, 0.2) is 53.5 Å². The van der Waals surface area contributed by atoms with E-state index < -0.39 is 11.5 Å². The Morgan fingerprint density at radius 1 is 1.13 bits per heavy atom. The molecule has 2 N–H and O–H groups in total. The minimum atomic E-state index is -0.953. The maximum Gasteiger partial charge on any atom is 0.140 e. The van der Waals surface area contributed by atoms with Gasteiger partial charge in [0, 0.05) is 6.42 Å². The minimum Gasteiger partial charge on any atom is -0.388 e. The molecule has 2 unspecified atom stereocenters. The molecule has 2 atom stereocenters. The SMILES string of the molecule is CC.CC(=O)C(c1ccc(CCC#N)cc1)C(C)(N=C(C)N)c1cccc(C#N)c1. The zero-order chi connectivity index (χ0) is 22.7. The van der Waals surface area contributed by atoms with Gasteiger partial charge in [0.1, 0.15) is 5.78 Å². The van der Waals surface area contributed by atoms with Crippen LogP contribution in [0.5, 0.6) is 0 Å². The molecule has 0 radical (unpaired) electrons. The van der Waals surface area contributed by atoms with Crippen molar-refractivity contribution in [1.82, 2.24) is 0 Å². The highest BCUT2D eigenvalue weighted by molar-refractivity contribution is 5.87. The molecule has 30 heavy (non-hydrogen) atoms. The van der Waals surface area contributed by atoms with Gasteiger partial charge in [-0.3, -0.25) is 9.79 Å². The molecule has 0 amide bonds. The Hall–Kier alpha value is -3.44. The summed E-state index contributed by atoms with van der Waals surface area (Å²) in [4.78, 5) is 17.4. The van der Waals surface area contributed by atoms with E-state index in [1.807, 2.05) is 51.1 Å². The van der Waals surface area contributed by atoms with Crippen molar-refractivity contribution < 1.29 is 4.79 Å². The van der Waals surface area contributed by atoms with E-state index in [-0.39, 0.29) is 5.78 Å². The van der Waals surface area contributed by atoms with Gasteiger partial charge in [0.05, 0.1) is 35.0 Å². The van der Waals surface area contributed by atoms with Gasteiger partial charge in [0.2, 0.25) is 0 Å². The van der Waals surface area contributed by atoms with Crippen molar-refractivity contribution in [3.05, 3.63) is 70.8 Å². The predicted molar refractivity (Wildman–Crippen MR) is 121 cm³/mol. The first-order valence-electron chi connectivity index (χ1n) is 10.1. The first kappa shape index (κ1) is 24.6. The number of benzene rings is 2. The highest BCUT2D eigenvalue weighted by Gasteiger charge is 2.40. The Balaban J connectivity index is 0.00000218. The number of carbonyl (C=O) groups is 1. The van der Waals surface area contributed by atoms with Gasteiger partial charge in [-0.15, -0.1) is 0 Å². The van der Waals surface area contributed by atoms with Gasteiger partial charge in [0.25, 0.3) is 0 Å². The predicted octanol–water partition coefficient (Wildman–Crippen LogP) is 5.01. The lowest BCUT2D eigenvalue weighted by molar-refractivity contribution is -0.119. The van der Waals surface area contributed by atoms with Gasteiger partial charge >= 0.3 is 0 Å². The molecule has 0 saturated carbocycles. The molecule has 5 nitrogen and oxygen atoms in total. The quantitative estimate of drug-likeness (QED) is 0.519. The number of Topliss-reactive ketones (excluding diaryl/α,β-unsaturated/α-hetero) is 1. The van der Waals surface area contributed by atoms with Crippen molar-refractivity contribution in [1.29, 1.82) is 10.5 Å². The fourth-order valence-corrected chi connectivity index (χ4v) is 3.60. The molecule has 0 aliphatic heterocycles. The van der Waals surface area contributed by atoms with Crippen LogP contribution in [0.25, 0.3) is 0 Å². The van der Waals surface area contributed by atoms with Crippen LogP contribution in [-0.4, -0.2) is 11.6 Å². The van der Waals surface area contributed by atoms with Gasteiger partial charge < -0.3 is 5.73 Å².